The Hall–Kier alpha value is -1.46. The average Bonchev–Trinajstić information content (AvgIpc) is 2.30. The molecule has 0 unspecified atom stereocenters. The van der Waals surface area contributed by atoms with Crippen molar-refractivity contribution in [3.63, 3.8) is 0 Å². The Bertz CT molecular complexity index is 361. The van der Waals surface area contributed by atoms with E-state index in [-0.39, 0.29) is 16.7 Å². The Morgan fingerprint density at radius 3 is 2.93 bits per heavy atom. The second-order valence-electron chi connectivity index (χ2n) is 3.56. The van der Waals surface area contributed by atoms with Gasteiger partial charge in [0.1, 0.15) is 0 Å². The van der Waals surface area contributed by atoms with Gasteiger partial charge in [-0.15, -0.1) is 0 Å². The molecule has 0 aliphatic carbocycles. The fourth-order valence-electron chi connectivity index (χ4n) is 1.74. The van der Waals surface area contributed by atoms with E-state index in [2.05, 4.69) is 10.6 Å². The molecule has 1 aromatic carbocycles. The summed E-state index contributed by atoms with van der Waals surface area (Å²) in [5, 5.41) is 17.2. The number of non-ortho nitro benzene ring substituents is 1. The molecule has 0 amide bonds. The van der Waals surface area contributed by atoms with E-state index in [1.165, 1.54) is 6.07 Å². The lowest BCUT2D eigenvalue weighted by atomic mass is 10.0. The SMILES string of the molecule is O=[N+]([O-])c1cccc([C@H]2CNCCN2)c1. The Labute approximate surface area is 87.6 Å². The number of benzene rings is 1. The van der Waals surface area contributed by atoms with Crippen molar-refractivity contribution in [2.24, 2.45) is 0 Å². The van der Waals surface area contributed by atoms with Gasteiger partial charge in [0.25, 0.3) is 5.69 Å². The molecule has 5 nitrogen and oxygen atoms in total. The Morgan fingerprint density at radius 1 is 1.40 bits per heavy atom. The summed E-state index contributed by atoms with van der Waals surface area (Å²) in [4.78, 5) is 10.2. The van der Waals surface area contributed by atoms with E-state index in [0.29, 0.717) is 0 Å². The quantitative estimate of drug-likeness (QED) is 0.556. The normalized spacial score (nSPS) is 21.2. The zero-order valence-corrected chi connectivity index (χ0v) is 8.27. The summed E-state index contributed by atoms with van der Waals surface area (Å²) in [7, 11) is 0. The number of hydrogen-bond donors (Lipinski definition) is 2. The summed E-state index contributed by atoms with van der Waals surface area (Å²) < 4.78 is 0. The van der Waals surface area contributed by atoms with Gasteiger partial charge in [-0.2, -0.15) is 0 Å². The number of piperazine rings is 1. The highest BCUT2D eigenvalue weighted by atomic mass is 16.6. The number of nitrogens with one attached hydrogen (secondary N) is 2. The Balaban J connectivity index is 2.19. The lowest BCUT2D eigenvalue weighted by molar-refractivity contribution is -0.384. The minimum Gasteiger partial charge on any atom is -0.314 e. The van der Waals surface area contributed by atoms with Crippen LogP contribution >= 0.6 is 0 Å². The van der Waals surface area contributed by atoms with Crippen LogP contribution < -0.4 is 10.6 Å². The summed E-state index contributed by atoms with van der Waals surface area (Å²) in [5.41, 5.74) is 1.12. The topological polar surface area (TPSA) is 67.2 Å². The van der Waals surface area contributed by atoms with Crippen molar-refractivity contribution < 1.29 is 4.92 Å². The van der Waals surface area contributed by atoms with Crippen molar-refractivity contribution in [3.05, 3.63) is 39.9 Å². The Kier molecular flexibility index (Phi) is 2.94. The maximum Gasteiger partial charge on any atom is 0.269 e. The van der Waals surface area contributed by atoms with Crippen LogP contribution in [-0.2, 0) is 0 Å². The lowest BCUT2D eigenvalue weighted by Crippen LogP contribution is -2.42. The van der Waals surface area contributed by atoms with Gasteiger partial charge in [-0.05, 0) is 5.56 Å². The molecule has 2 rings (SSSR count). The van der Waals surface area contributed by atoms with Crippen molar-refractivity contribution in [3.8, 4) is 0 Å². The lowest BCUT2D eigenvalue weighted by Gasteiger charge is -2.24. The Morgan fingerprint density at radius 2 is 2.27 bits per heavy atom. The molecule has 1 aliphatic rings. The van der Waals surface area contributed by atoms with Gasteiger partial charge in [0.05, 0.1) is 4.92 Å². The maximum absolute atomic E-state index is 10.6. The van der Waals surface area contributed by atoms with Crippen LogP contribution in [0.5, 0.6) is 0 Å². The van der Waals surface area contributed by atoms with Gasteiger partial charge in [-0.3, -0.25) is 10.1 Å². The fourth-order valence-corrected chi connectivity index (χ4v) is 1.74. The van der Waals surface area contributed by atoms with Crippen molar-refractivity contribution in [2.45, 2.75) is 6.04 Å². The van der Waals surface area contributed by atoms with Gasteiger partial charge in [-0.25, -0.2) is 0 Å². The molecule has 5 heteroatoms. The zero-order chi connectivity index (χ0) is 10.7. The van der Waals surface area contributed by atoms with Gasteiger partial charge in [0.15, 0.2) is 0 Å². The number of nitro groups is 1. The number of hydrogen-bond acceptors (Lipinski definition) is 4. The third kappa shape index (κ3) is 2.31. The maximum atomic E-state index is 10.6. The highest BCUT2D eigenvalue weighted by Crippen LogP contribution is 2.19. The van der Waals surface area contributed by atoms with E-state index in [1.807, 2.05) is 6.07 Å². The van der Waals surface area contributed by atoms with Gasteiger partial charge in [0.2, 0.25) is 0 Å². The molecule has 0 spiro atoms. The van der Waals surface area contributed by atoms with Crippen LogP contribution in [0, 0.1) is 10.1 Å². The predicted molar refractivity (Wildman–Crippen MR) is 56.7 cm³/mol. The number of nitrogens with zero attached hydrogens (tertiary/aromatic N) is 1. The first-order valence-corrected chi connectivity index (χ1v) is 4.96. The molecule has 0 saturated carbocycles. The van der Waals surface area contributed by atoms with Crippen LogP contribution in [0.4, 0.5) is 5.69 Å². The predicted octanol–water partition coefficient (Wildman–Crippen LogP) is 0.829. The van der Waals surface area contributed by atoms with E-state index >= 15 is 0 Å². The molecular formula is C10H13N3O2. The molecule has 0 radical (unpaired) electrons. The van der Waals surface area contributed by atoms with Gasteiger partial charge >= 0.3 is 0 Å². The van der Waals surface area contributed by atoms with Gasteiger partial charge in [0, 0.05) is 37.8 Å². The number of nitro benzene ring substituents is 1. The summed E-state index contributed by atoms with van der Waals surface area (Å²) in [6.45, 7) is 2.67. The van der Waals surface area contributed by atoms with Crippen LogP contribution in [0.2, 0.25) is 0 Å². The summed E-state index contributed by atoms with van der Waals surface area (Å²) in [6.07, 6.45) is 0. The van der Waals surface area contributed by atoms with Crippen LogP contribution in [-0.4, -0.2) is 24.6 Å². The van der Waals surface area contributed by atoms with Crippen LogP contribution in [0.1, 0.15) is 11.6 Å². The molecule has 1 atom stereocenters. The van der Waals surface area contributed by atoms with Crippen molar-refractivity contribution in [1.82, 2.24) is 10.6 Å². The molecule has 2 N–H and O–H groups in total. The molecule has 1 aromatic rings. The molecule has 1 heterocycles. The third-order valence-electron chi connectivity index (χ3n) is 2.52. The van der Waals surface area contributed by atoms with Gasteiger partial charge in [-0.1, -0.05) is 12.1 Å². The van der Waals surface area contributed by atoms with E-state index < -0.39 is 0 Å². The zero-order valence-electron chi connectivity index (χ0n) is 8.27. The van der Waals surface area contributed by atoms with Crippen LogP contribution in [0.25, 0.3) is 0 Å². The molecule has 80 valence electrons. The monoisotopic (exact) mass is 207 g/mol. The van der Waals surface area contributed by atoms with E-state index in [1.54, 1.807) is 12.1 Å². The molecule has 1 aliphatic heterocycles. The van der Waals surface area contributed by atoms with E-state index in [9.17, 15) is 10.1 Å². The third-order valence-corrected chi connectivity index (χ3v) is 2.52. The average molecular weight is 207 g/mol. The second-order valence-corrected chi connectivity index (χ2v) is 3.56. The molecule has 15 heavy (non-hydrogen) atoms. The van der Waals surface area contributed by atoms with Crippen LogP contribution in [0.3, 0.4) is 0 Å². The minimum absolute atomic E-state index is 0.153. The molecule has 0 aromatic heterocycles. The van der Waals surface area contributed by atoms with Crippen LogP contribution in [0.15, 0.2) is 24.3 Å². The minimum atomic E-state index is -0.361. The second kappa shape index (κ2) is 4.37. The number of rotatable bonds is 2. The molecule has 1 fully saturated rings. The van der Waals surface area contributed by atoms with Gasteiger partial charge < -0.3 is 10.6 Å². The molecular weight excluding hydrogens is 194 g/mol. The summed E-state index contributed by atoms with van der Waals surface area (Å²) in [6, 6.07) is 6.96. The van der Waals surface area contributed by atoms with Crippen molar-refractivity contribution in [2.75, 3.05) is 19.6 Å². The molecule has 0 bridgehead atoms. The highest BCUT2D eigenvalue weighted by Gasteiger charge is 2.16. The largest absolute Gasteiger partial charge is 0.314 e. The highest BCUT2D eigenvalue weighted by molar-refractivity contribution is 5.36. The summed E-state index contributed by atoms with van der Waals surface area (Å²) in [5.74, 6) is 0. The first kappa shape index (κ1) is 10.1. The first-order chi connectivity index (χ1) is 7.27. The van der Waals surface area contributed by atoms with Crippen molar-refractivity contribution >= 4 is 5.69 Å². The summed E-state index contributed by atoms with van der Waals surface area (Å²) >= 11 is 0. The van der Waals surface area contributed by atoms with Crippen molar-refractivity contribution in [1.29, 1.82) is 0 Å². The smallest absolute Gasteiger partial charge is 0.269 e. The first-order valence-electron chi connectivity index (χ1n) is 4.96. The standard InChI is InChI=1S/C10H13N3O2/c14-13(15)9-3-1-2-8(6-9)10-7-11-4-5-12-10/h1-3,6,10-12H,4-5,7H2/t10-/m1/s1. The fraction of sp³-hybridized carbons (Fsp3) is 0.400. The van der Waals surface area contributed by atoms with E-state index in [0.717, 1.165) is 25.2 Å². The van der Waals surface area contributed by atoms with E-state index in [4.69, 9.17) is 0 Å². The molecule has 1 saturated heterocycles.